The fraction of sp³-hybridized carbons (Fsp3) is 0.125. The summed E-state index contributed by atoms with van der Waals surface area (Å²) in [5, 5.41) is 1.60. The van der Waals surface area contributed by atoms with Crippen molar-refractivity contribution < 1.29 is 9.15 Å². The maximum Gasteiger partial charge on any atom is 0.336 e. The lowest BCUT2D eigenvalue weighted by Gasteiger charge is -2.32. The lowest BCUT2D eigenvalue weighted by Crippen LogP contribution is -2.32. The van der Waals surface area contributed by atoms with Gasteiger partial charge in [-0.15, -0.1) is 0 Å². The molecular formula is C24H18ClNO3. The number of hydrogen-bond donors (Lipinski definition) is 0. The van der Waals surface area contributed by atoms with Crippen molar-refractivity contribution in [2.24, 2.45) is 0 Å². The predicted octanol–water partition coefficient (Wildman–Crippen LogP) is 5.78. The van der Waals surface area contributed by atoms with E-state index in [1.165, 1.54) is 0 Å². The summed E-state index contributed by atoms with van der Waals surface area (Å²) in [7, 11) is 0. The van der Waals surface area contributed by atoms with Crippen LogP contribution in [0.3, 0.4) is 0 Å². The predicted molar refractivity (Wildman–Crippen MR) is 116 cm³/mol. The van der Waals surface area contributed by atoms with Gasteiger partial charge in [-0.1, -0.05) is 48.0 Å². The minimum absolute atomic E-state index is 0.365. The molecule has 0 radical (unpaired) electrons. The average molecular weight is 404 g/mol. The molecule has 5 heteroatoms. The summed E-state index contributed by atoms with van der Waals surface area (Å²) in [5.74, 6) is 0.782. The van der Waals surface area contributed by atoms with Crippen molar-refractivity contribution in [3.8, 4) is 16.9 Å². The van der Waals surface area contributed by atoms with Gasteiger partial charge in [0, 0.05) is 39.8 Å². The summed E-state index contributed by atoms with van der Waals surface area (Å²) < 4.78 is 11.7. The van der Waals surface area contributed by atoms with Crippen LogP contribution in [0.15, 0.2) is 75.9 Å². The van der Waals surface area contributed by atoms with Crippen LogP contribution in [0.5, 0.6) is 5.75 Å². The summed E-state index contributed by atoms with van der Waals surface area (Å²) in [6.45, 7) is 3.02. The molecule has 5 rings (SSSR count). The summed E-state index contributed by atoms with van der Waals surface area (Å²) in [4.78, 5) is 14.4. The Bertz CT molecular complexity index is 1280. The smallest absolute Gasteiger partial charge is 0.336 e. The van der Waals surface area contributed by atoms with E-state index >= 15 is 0 Å². The standard InChI is InChI=1S/C24H18ClNO3/c1-15-23-17(13-26(14-28-23)19-9-5-8-18(25)11-19)10-21-20(12-22(27)29-24(15)21)16-6-3-2-4-7-16/h2-12H,13-14H2,1H3. The van der Waals surface area contributed by atoms with Crippen LogP contribution in [0, 0.1) is 6.92 Å². The molecule has 0 saturated carbocycles. The number of anilines is 1. The molecule has 2 heterocycles. The topological polar surface area (TPSA) is 42.7 Å². The van der Waals surface area contributed by atoms with Crippen molar-refractivity contribution in [2.75, 3.05) is 11.6 Å². The minimum Gasteiger partial charge on any atom is -0.472 e. The first-order valence-electron chi connectivity index (χ1n) is 9.39. The highest BCUT2D eigenvalue weighted by molar-refractivity contribution is 6.30. The van der Waals surface area contributed by atoms with Gasteiger partial charge in [0.25, 0.3) is 0 Å². The number of hydrogen-bond acceptors (Lipinski definition) is 4. The Balaban J connectivity index is 1.68. The Morgan fingerprint density at radius 1 is 1.00 bits per heavy atom. The largest absolute Gasteiger partial charge is 0.472 e. The molecular weight excluding hydrogens is 386 g/mol. The van der Waals surface area contributed by atoms with Crippen LogP contribution in [0.1, 0.15) is 11.1 Å². The van der Waals surface area contributed by atoms with Crippen LogP contribution in [0.4, 0.5) is 5.69 Å². The number of fused-ring (bicyclic) bond motifs is 2. The van der Waals surface area contributed by atoms with Gasteiger partial charge in [-0.25, -0.2) is 4.79 Å². The van der Waals surface area contributed by atoms with Crippen molar-refractivity contribution in [3.63, 3.8) is 0 Å². The molecule has 1 aliphatic heterocycles. The lowest BCUT2D eigenvalue weighted by atomic mass is 9.97. The second kappa shape index (κ2) is 6.98. The molecule has 0 bridgehead atoms. The normalized spacial score (nSPS) is 13.2. The fourth-order valence-electron chi connectivity index (χ4n) is 3.92. The van der Waals surface area contributed by atoms with Crippen LogP contribution < -0.4 is 15.3 Å². The van der Waals surface area contributed by atoms with E-state index in [0.717, 1.165) is 39.1 Å². The van der Waals surface area contributed by atoms with Crippen molar-refractivity contribution in [2.45, 2.75) is 13.5 Å². The Morgan fingerprint density at radius 3 is 2.62 bits per heavy atom. The average Bonchev–Trinajstić information content (AvgIpc) is 2.74. The molecule has 3 aromatic carbocycles. The molecule has 0 amide bonds. The first kappa shape index (κ1) is 17.8. The van der Waals surface area contributed by atoms with E-state index < -0.39 is 0 Å². The zero-order valence-electron chi connectivity index (χ0n) is 15.8. The van der Waals surface area contributed by atoms with Gasteiger partial charge in [0.1, 0.15) is 11.3 Å². The van der Waals surface area contributed by atoms with Gasteiger partial charge >= 0.3 is 5.63 Å². The Hall–Kier alpha value is -3.24. The molecule has 1 aromatic heterocycles. The van der Waals surface area contributed by atoms with E-state index in [1.807, 2.05) is 61.5 Å². The van der Waals surface area contributed by atoms with Crippen molar-refractivity contribution >= 4 is 28.3 Å². The van der Waals surface area contributed by atoms with Crippen LogP contribution in [0.25, 0.3) is 22.1 Å². The number of halogens is 1. The second-order valence-electron chi connectivity index (χ2n) is 7.16. The van der Waals surface area contributed by atoms with Gasteiger partial charge in [0.05, 0.1) is 0 Å². The quantitative estimate of drug-likeness (QED) is 0.398. The zero-order valence-corrected chi connectivity index (χ0v) is 16.6. The third kappa shape index (κ3) is 3.15. The first-order valence-corrected chi connectivity index (χ1v) is 9.77. The summed E-state index contributed by atoms with van der Waals surface area (Å²) in [6.07, 6.45) is 0. The SMILES string of the molecule is Cc1c2c(cc3c(-c4ccccc4)cc(=O)oc13)CN(c1cccc(Cl)c1)CO2. The molecule has 0 spiro atoms. The number of aryl methyl sites for hydroxylation is 1. The van der Waals surface area contributed by atoms with Gasteiger partial charge in [-0.05, 0) is 42.3 Å². The molecule has 0 atom stereocenters. The number of ether oxygens (including phenoxy) is 1. The van der Waals surface area contributed by atoms with E-state index in [4.69, 9.17) is 20.8 Å². The second-order valence-corrected chi connectivity index (χ2v) is 7.60. The molecule has 0 N–H and O–H groups in total. The van der Waals surface area contributed by atoms with Gasteiger partial charge in [-0.2, -0.15) is 0 Å². The van der Waals surface area contributed by atoms with Gasteiger partial charge in [0.2, 0.25) is 0 Å². The monoisotopic (exact) mass is 403 g/mol. The van der Waals surface area contributed by atoms with E-state index in [2.05, 4.69) is 11.0 Å². The number of rotatable bonds is 2. The fourth-order valence-corrected chi connectivity index (χ4v) is 4.10. The minimum atomic E-state index is -0.365. The highest BCUT2D eigenvalue weighted by Gasteiger charge is 2.23. The third-order valence-corrected chi connectivity index (χ3v) is 5.51. The Kier molecular flexibility index (Phi) is 4.29. The third-order valence-electron chi connectivity index (χ3n) is 5.28. The van der Waals surface area contributed by atoms with Crippen molar-refractivity contribution in [3.05, 3.63) is 93.3 Å². The van der Waals surface area contributed by atoms with E-state index in [9.17, 15) is 4.79 Å². The summed E-state index contributed by atoms with van der Waals surface area (Å²) >= 11 is 6.16. The zero-order chi connectivity index (χ0) is 20.0. The molecule has 1 aliphatic rings. The molecule has 4 aromatic rings. The first-order chi connectivity index (χ1) is 14.1. The van der Waals surface area contributed by atoms with Crippen LogP contribution in [-0.4, -0.2) is 6.73 Å². The van der Waals surface area contributed by atoms with E-state index in [1.54, 1.807) is 6.07 Å². The molecule has 4 nitrogen and oxygen atoms in total. The van der Waals surface area contributed by atoms with E-state index in [-0.39, 0.29) is 5.63 Å². The van der Waals surface area contributed by atoms with Gasteiger partial charge in [-0.3, -0.25) is 0 Å². The van der Waals surface area contributed by atoms with E-state index in [0.29, 0.717) is 23.9 Å². The summed E-state index contributed by atoms with van der Waals surface area (Å²) in [6, 6.07) is 21.2. The van der Waals surface area contributed by atoms with Crippen LogP contribution in [0.2, 0.25) is 5.02 Å². The van der Waals surface area contributed by atoms with Crippen molar-refractivity contribution in [1.29, 1.82) is 0 Å². The van der Waals surface area contributed by atoms with Gasteiger partial charge in [0.15, 0.2) is 6.73 Å². The van der Waals surface area contributed by atoms with Crippen LogP contribution >= 0.6 is 11.6 Å². The molecule has 0 aliphatic carbocycles. The molecule has 144 valence electrons. The maximum absolute atomic E-state index is 12.2. The highest BCUT2D eigenvalue weighted by Crippen LogP contribution is 2.39. The van der Waals surface area contributed by atoms with Crippen LogP contribution in [-0.2, 0) is 6.54 Å². The highest BCUT2D eigenvalue weighted by atomic mass is 35.5. The molecule has 0 unspecified atom stereocenters. The Labute approximate surface area is 172 Å². The van der Waals surface area contributed by atoms with Gasteiger partial charge < -0.3 is 14.1 Å². The lowest BCUT2D eigenvalue weighted by molar-refractivity contribution is 0.287. The Morgan fingerprint density at radius 2 is 1.83 bits per heavy atom. The molecule has 0 saturated heterocycles. The molecule has 29 heavy (non-hydrogen) atoms. The molecule has 0 fully saturated rings. The maximum atomic E-state index is 12.2. The summed E-state index contributed by atoms with van der Waals surface area (Å²) in [5.41, 5.74) is 4.95. The van der Waals surface area contributed by atoms with Crippen molar-refractivity contribution in [1.82, 2.24) is 0 Å². The number of nitrogens with zero attached hydrogens (tertiary/aromatic N) is 1. The number of benzene rings is 3.